The van der Waals surface area contributed by atoms with Crippen LogP contribution in [0.15, 0.2) is 24.3 Å². The molecule has 2 unspecified atom stereocenters. The zero-order chi connectivity index (χ0) is 52.9. The zero-order valence-electron chi connectivity index (χ0n) is 49.4. The standard InChI is InChI=1S/C67H129NO5/c1-3-5-7-9-11-13-15-17-19-20-21-23-26-29-32-35-39-43-47-51-55-59-65(70)64(63-69)68-66(71)60-56-52-48-44-40-36-33-30-27-24-22-25-28-31-34-38-42-46-50-54-58-62-73-67(72)61-57-53-49-45-41-37-18-16-14-12-10-8-6-4-2/h38,42,50,54,64-65,69-70H,3-37,39-41,43-49,51-53,55-63H2,1-2H3,(H,68,71)/b42-38-,54-50-. The summed E-state index contributed by atoms with van der Waals surface area (Å²) in [4.78, 5) is 24.6. The van der Waals surface area contributed by atoms with Gasteiger partial charge in [0.2, 0.25) is 5.91 Å². The van der Waals surface area contributed by atoms with E-state index in [4.69, 9.17) is 4.74 Å². The minimum Gasteiger partial charge on any atom is -0.465 e. The molecule has 0 spiro atoms. The highest BCUT2D eigenvalue weighted by molar-refractivity contribution is 5.76. The van der Waals surface area contributed by atoms with Gasteiger partial charge in [-0.15, -0.1) is 0 Å². The van der Waals surface area contributed by atoms with Crippen LogP contribution in [0, 0.1) is 0 Å². The van der Waals surface area contributed by atoms with Crippen LogP contribution >= 0.6 is 0 Å². The normalized spacial score (nSPS) is 12.7. The molecule has 1 amide bonds. The van der Waals surface area contributed by atoms with Gasteiger partial charge in [0.05, 0.1) is 25.4 Å². The number of amides is 1. The molecule has 0 heterocycles. The average molecular weight is 1030 g/mol. The summed E-state index contributed by atoms with van der Waals surface area (Å²) in [6.07, 6.45) is 77.9. The number of aliphatic hydroxyl groups is 2. The number of nitrogens with one attached hydrogen (secondary N) is 1. The van der Waals surface area contributed by atoms with Crippen molar-refractivity contribution in [1.29, 1.82) is 0 Å². The molecule has 6 nitrogen and oxygen atoms in total. The van der Waals surface area contributed by atoms with Gasteiger partial charge in [0.15, 0.2) is 0 Å². The Morgan fingerprint density at radius 1 is 0.384 bits per heavy atom. The molecular formula is C67H129NO5. The van der Waals surface area contributed by atoms with Crippen molar-refractivity contribution >= 4 is 11.9 Å². The summed E-state index contributed by atoms with van der Waals surface area (Å²) >= 11 is 0. The number of aliphatic hydroxyl groups excluding tert-OH is 2. The van der Waals surface area contributed by atoms with E-state index in [2.05, 4.69) is 43.5 Å². The number of hydrogen-bond acceptors (Lipinski definition) is 5. The van der Waals surface area contributed by atoms with Crippen molar-refractivity contribution in [1.82, 2.24) is 5.32 Å². The Kier molecular flexibility index (Phi) is 61.4. The molecular weight excluding hydrogens is 899 g/mol. The van der Waals surface area contributed by atoms with Crippen LogP contribution < -0.4 is 5.32 Å². The molecule has 0 radical (unpaired) electrons. The van der Waals surface area contributed by atoms with Gasteiger partial charge in [-0.05, 0) is 44.9 Å². The molecule has 0 aliphatic rings. The molecule has 3 N–H and O–H groups in total. The fraction of sp³-hybridized carbons (Fsp3) is 0.910. The van der Waals surface area contributed by atoms with Gasteiger partial charge in [-0.25, -0.2) is 0 Å². The molecule has 432 valence electrons. The van der Waals surface area contributed by atoms with Gasteiger partial charge >= 0.3 is 5.97 Å². The summed E-state index contributed by atoms with van der Waals surface area (Å²) in [7, 11) is 0. The average Bonchev–Trinajstić information content (AvgIpc) is 3.39. The first-order chi connectivity index (χ1) is 36.0. The smallest absolute Gasteiger partial charge is 0.305 e. The van der Waals surface area contributed by atoms with E-state index in [1.165, 1.54) is 283 Å². The predicted octanol–water partition coefficient (Wildman–Crippen LogP) is 21.0. The third-order valence-electron chi connectivity index (χ3n) is 15.5. The first-order valence-corrected chi connectivity index (χ1v) is 33.1. The van der Waals surface area contributed by atoms with Gasteiger partial charge in [-0.2, -0.15) is 0 Å². The van der Waals surface area contributed by atoms with Crippen LogP contribution in [-0.2, 0) is 14.3 Å². The summed E-state index contributed by atoms with van der Waals surface area (Å²) in [6.45, 7) is 4.88. The molecule has 0 saturated carbocycles. The van der Waals surface area contributed by atoms with Crippen molar-refractivity contribution in [2.24, 2.45) is 0 Å². The maximum absolute atomic E-state index is 12.5. The van der Waals surface area contributed by atoms with E-state index < -0.39 is 12.1 Å². The topological polar surface area (TPSA) is 95.9 Å². The summed E-state index contributed by atoms with van der Waals surface area (Å²) in [5.41, 5.74) is 0. The van der Waals surface area contributed by atoms with E-state index in [-0.39, 0.29) is 18.5 Å². The first kappa shape index (κ1) is 71.3. The van der Waals surface area contributed by atoms with Gasteiger partial charge in [0, 0.05) is 12.8 Å². The van der Waals surface area contributed by atoms with Crippen LogP contribution in [0.3, 0.4) is 0 Å². The third kappa shape index (κ3) is 59.4. The molecule has 73 heavy (non-hydrogen) atoms. The van der Waals surface area contributed by atoms with E-state index in [0.29, 0.717) is 25.9 Å². The van der Waals surface area contributed by atoms with E-state index in [0.717, 1.165) is 51.4 Å². The van der Waals surface area contributed by atoms with E-state index in [1.807, 2.05) is 0 Å². The second kappa shape index (κ2) is 62.9. The molecule has 0 aliphatic heterocycles. The third-order valence-corrected chi connectivity index (χ3v) is 15.5. The van der Waals surface area contributed by atoms with Crippen LogP contribution in [-0.4, -0.2) is 47.4 Å². The molecule has 0 fully saturated rings. The second-order valence-electron chi connectivity index (χ2n) is 22.8. The van der Waals surface area contributed by atoms with Gasteiger partial charge in [-0.1, -0.05) is 334 Å². The van der Waals surface area contributed by atoms with Crippen molar-refractivity contribution in [3.8, 4) is 0 Å². The van der Waals surface area contributed by atoms with Crippen LogP contribution in [0.1, 0.15) is 367 Å². The van der Waals surface area contributed by atoms with Crippen LogP contribution in [0.4, 0.5) is 0 Å². The number of rotatable bonds is 62. The number of allylic oxidation sites excluding steroid dienone is 3. The molecule has 0 saturated heterocycles. The maximum atomic E-state index is 12.5. The predicted molar refractivity (Wildman–Crippen MR) is 320 cm³/mol. The highest BCUT2D eigenvalue weighted by Crippen LogP contribution is 2.19. The largest absolute Gasteiger partial charge is 0.465 e. The zero-order valence-corrected chi connectivity index (χ0v) is 49.4. The van der Waals surface area contributed by atoms with Crippen molar-refractivity contribution < 1.29 is 24.5 Å². The van der Waals surface area contributed by atoms with E-state index in [1.54, 1.807) is 0 Å². The Labute approximate surface area is 456 Å². The lowest BCUT2D eigenvalue weighted by Gasteiger charge is -2.22. The van der Waals surface area contributed by atoms with Gasteiger partial charge < -0.3 is 20.3 Å². The van der Waals surface area contributed by atoms with Crippen molar-refractivity contribution in [3.05, 3.63) is 24.3 Å². The Morgan fingerprint density at radius 2 is 0.685 bits per heavy atom. The summed E-state index contributed by atoms with van der Waals surface area (Å²) < 4.78 is 5.42. The lowest BCUT2D eigenvalue weighted by molar-refractivity contribution is -0.143. The van der Waals surface area contributed by atoms with Crippen LogP contribution in [0.25, 0.3) is 0 Å². The summed E-state index contributed by atoms with van der Waals surface area (Å²) in [6, 6.07) is -0.546. The molecule has 0 rings (SSSR count). The minimum atomic E-state index is -0.669. The number of unbranched alkanes of at least 4 members (excludes halogenated alkanes) is 47. The van der Waals surface area contributed by atoms with Crippen molar-refractivity contribution in [2.45, 2.75) is 379 Å². The molecule has 6 heteroatoms. The first-order valence-electron chi connectivity index (χ1n) is 33.1. The maximum Gasteiger partial charge on any atom is 0.305 e. The lowest BCUT2D eigenvalue weighted by atomic mass is 10.0. The molecule has 0 aromatic heterocycles. The summed E-state index contributed by atoms with van der Waals surface area (Å²) in [5.74, 6) is -0.0679. The number of carbonyl (C=O) groups is 2. The Balaban J connectivity index is 3.44. The molecule has 0 aromatic carbocycles. The highest BCUT2D eigenvalue weighted by atomic mass is 16.5. The van der Waals surface area contributed by atoms with Crippen molar-refractivity contribution in [3.63, 3.8) is 0 Å². The van der Waals surface area contributed by atoms with Gasteiger partial charge in [-0.3, -0.25) is 9.59 Å². The minimum absolute atomic E-state index is 0.0321. The highest BCUT2D eigenvalue weighted by Gasteiger charge is 2.20. The van der Waals surface area contributed by atoms with Crippen molar-refractivity contribution in [2.75, 3.05) is 13.2 Å². The van der Waals surface area contributed by atoms with Crippen LogP contribution in [0.5, 0.6) is 0 Å². The van der Waals surface area contributed by atoms with E-state index >= 15 is 0 Å². The number of carbonyl (C=O) groups excluding carboxylic acids is 2. The quantitative estimate of drug-likeness (QED) is 0.0320. The Hall–Kier alpha value is -1.66. The Morgan fingerprint density at radius 3 is 1.04 bits per heavy atom. The Bertz CT molecular complexity index is 1140. The summed E-state index contributed by atoms with van der Waals surface area (Å²) in [5, 5.41) is 23.4. The second-order valence-corrected chi connectivity index (χ2v) is 22.8. The molecule has 2 atom stereocenters. The number of esters is 1. The molecule has 0 aliphatic carbocycles. The fourth-order valence-electron chi connectivity index (χ4n) is 10.5. The monoisotopic (exact) mass is 1030 g/mol. The van der Waals surface area contributed by atoms with Gasteiger partial charge in [0.1, 0.15) is 0 Å². The van der Waals surface area contributed by atoms with Crippen LogP contribution in [0.2, 0.25) is 0 Å². The van der Waals surface area contributed by atoms with Gasteiger partial charge in [0.25, 0.3) is 0 Å². The molecule has 0 bridgehead atoms. The molecule has 0 aromatic rings. The number of hydrogen-bond donors (Lipinski definition) is 3. The SMILES string of the molecule is CCCCCCCCCCCCCCCCCCCCCCCC(O)C(CO)NC(=O)CCCCCCCCCCCCCCCC/C=C\C/C=C\CCOC(=O)CCCCCCCCCCCCCCCC. The van der Waals surface area contributed by atoms with E-state index in [9.17, 15) is 19.8 Å². The number of ether oxygens (including phenoxy) is 1. The lowest BCUT2D eigenvalue weighted by Crippen LogP contribution is -2.45. The fourth-order valence-corrected chi connectivity index (χ4v) is 10.5.